The van der Waals surface area contributed by atoms with Crippen molar-refractivity contribution in [3.05, 3.63) is 58.1 Å². The van der Waals surface area contributed by atoms with Gasteiger partial charge in [0.25, 0.3) is 10.0 Å². The molecule has 8 heteroatoms. The number of hydrogen-bond acceptors (Lipinski definition) is 4. The molecule has 0 spiro atoms. The summed E-state index contributed by atoms with van der Waals surface area (Å²) in [5.41, 5.74) is 1.14. The second kappa shape index (κ2) is 7.42. The number of halogens is 2. The van der Waals surface area contributed by atoms with Gasteiger partial charge in [-0.3, -0.25) is 9.10 Å². The third-order valence-electron chi connectivity index (χ3n) is 3.30. The number of nitrogens with zero attached hydrogens (tertiary/aromatic N) is 1. The molecule has 0 amide bonds. The number of rotatable bonds is 5. The van der Waals surface area contributed by atoms with E-state index >= 15 is 0 Å². The van der Waals surface area contributed by atoms with Crippen LogP contribution in [0.5, 0.6) is 0 Å². The zero-order valence-electron chi connectivity index (χ0n) is 13.0. The third-order valence-corrected chi connectivity index (χ3v) is 5.83. The molecule has 2 aromatic rings. The first-order chi connectivity index (χ1) is 11.3. The molecule has 0 atom stereocenters. The molecule has 0 heterocycles. The number of methoxy groups -OCH3 is 1. The number of sulfonamides is 1. The number of carbonyl (C=O) groups excluding carboxylic acids is 1. The summed E-state index contributed by atoms with van der Waals surface area (Å²) in [5.74, 6) is -0.697. The first-order valence-electron chi connectivity index (χ1n) is 6.87. The van der Waals surface area contributed by atoms with Crippen LogP contribution in [0.15, 0.2) is 47.4 Å². The van der Waals surface area contributed by atoms with Gasteiger partial charge in [0.1, 0.15) is 6.54 Å². The van der Waals surface area contributed by atoms with Gasteiger partial charge in [-0.05, 0) is 37.3 Å². The van der Waals surface area contributed by atoms with Gasteiger partial charge in [-0.2, -0.15) is 0 Å². The Morgan fingerprint density at radius 1 is 1.08 bits per heavy atom. The molecule has 2 rings (SSSR count). The summed E-state index contributed by atoms with van der Waals surface area (Å²) in [4.78, 5) is 11.8. The molecule has 2 aromatic carbocycles. The maximum absolute atomic E-state index is 12.9. The summed E-state index contributed by atoms with van der Waals surface area (Å²) in [7, 11) is -2.79. The standard InChI is InChI=1S/C16H15Cl2NO4S/c1-11-3-6-13(7-4-11)24(21,22)19(10-16(20)23-2)12-5-8-14(17)15(18)9-12/h3-9H,10H2,1-2H3. The highest BCUT2D eigenvalue weighted by molar-refractivity contribution is 7.92. The summed E-state index contributed by atoms with van der Waals surface area (Å²) < 4.78 is 31.4. The van der Waals surface area contributed by atoms with Crippen molar-refractivity contribution < 1.29 is 17.9 Å². The van der Waals surface area contributed by atoms with Crippen LogP contribution in [0.2, 0.25) is 10.0 Å². The van der Waals surface area contributed by atoms with E-state index in [2.05, 4.69) is 4.74 Å². The van der Waals surface area contributed by atoms with Gasteiger partial charge < -0.3 is 4.74 Å². The predicted molar refractivity (Wildman–Crippen MR) is 94.2 cm³/mol. The Balaban J connectivity index is 2.54. The molecule has 24 heavy (non-hydrogen) atoms. The first kappa shape index (κ1) is 18.6. The highest BCUT2D eigenvalue weighted by Crippen LogP contribution is 2.30. The Morgan fingerprint density at radius 3 is 2.25 bits per heavy atom. The van der Waals surface area contributed by atoms with Crippen molar-refractivity contribution in [3.63, 3.8) is 0 Å². The number of anilines is 1. The van der Waals surface area contributed by atoms with Gasteiger partial charge in [-0.1, -0.05) is 40.9 Å². The van der Waals surface area contributed by atoms with Crippen molar-refractivity contribution in [1.82, 2.24) is 0 Å². The summed E-state index contributed by atoms with van der Waals surface area (Å²) in [6.45, 7) is 1.37. The Hall–Kier alpha value is -1.76. The van der Waals surface area contributed by atoms with Crippen molar-refractivity contribution in [2.45, 2.75) is 11.8 Å². The van der Waals surface area contributed by atoms with Crippen LogP contribution in [0.1, 0.15) is 5.56 Å². The van der Waals surface area contributed by atoms with E-state index in [-0.39, 0.29) is 20.6 Å². The second-order valence-corrected chi connectivity index (χ2v) is 7.68. The van der Waals surface area contributed by atoms with Crippen molar-refractivity contribution in [2.24, 2.45) is 0 Å². The topological polar surface area (TPSA) is 63.7 Å². The lowest BCUT2D eigenvalue weighted by Gasteiger charge is -2.23. The van der Waals surface area contributed by atoms with Gasteiger partial charge in [0, 0.05) is 0 Å². The minimum absolute atomic E-state index is 0.0584. The molecule has 5 nitrogen and oxygen atoms in total. The van der Waals surface area contributed by atoms with Gasteiger partial charge in [0.2, 0.25) is 0 Å². The fourth-order valence-corrected chi connectivity index (χ4v) is 3.67. The minimum atomic E-state index is -3.97. The monoisotopic (exact) mass is 387 g/mol. The maximum Gasteiger partial charge on any atom is 0.326 e. The van der Waals surface area contributed by atoms with Crippen LogP contribution in [-0.4, -0.2) is 28.0 Å². The summed E-state index contributed by atoms with van der Waals surface area (Å²) in [5, 5.41) is 0.467. The van der Waals surface area contributed by atoms with E-state index in [0.29, 0.717) is 0 Å². The molecular formula is C16H15Cl2NO4S. The number of esters is 1. The van der Waals surface area contributed by atoms with Crippen LogP contribution < -0.4 is 4.31 Å². The zero-order chi connectivity index (χ0) is 17.9. The average Bonchev–Trinajstić information content (AvgIpc) is 2.55. The molecule has 0 aliphatic carbocycles. The zero-order valence-corrected chi connectivity index (χ0v) is 15.3. The summed E-state index contributed by atoms with van der Waals surface area (Å²) in [6, 6.07) is 10.6. The van der Waals surface area contributed by atoms with Gasteiger partial charge in [0.05, 0.1) is 27.7 Å². The smallest absolute Gasteiger partial charge is 0.326 e. The molecule has 0 aromatic heterocycles. The number of hydrogen-bond donors (Lipinski definition) is 0. The van der Waals surface area contributed by atoms with Gasteiger partial charge in [-0.15, -0.1) is 0 Å². The van der Waals surface area contributed by atoms with Crippen LogP contribution >= 0.6 is 23.2 Å². The fourth-order valence-electron chi connectivity index (χ4n) is 1.97. The lowest BCUT2D eigenvalue weighted by Crippen LogP contribution is -2.36. The number of aryl methyl sites for hydroxylation is 1. The van der Waals surface area contributed by atoms with Crippen molar-refractivity contribution in [2.75, 3.05) is 18.0 Å². The van der Waals surface area contributed by atoms with Crippen LogP contribution in [0.4, 0.5) is 5.69 Å². The van der Waals surface area contributed by atoms with Gasteiger partial charge in [-0.25, -0.2) is 8.42 Å². The normalized spacial score (nSPS) is 11.2. The van der Waals surface area contributed by atoms with Crippen LogP contribution in [0.3, 0.4) is 0 Å². The van der Waals surface area contributed by atoms with E-state index in [1.165, 1.54) is 37.4 Å². The largest absolute Gasteiger partial charge is 0.468 e. The number of benzene rings is 2. The van der Waals surface area contributed by atoms with Crippen molar-refractivity contribution >= 4 is 44.9 Å². The van der Waals surface area contributed by atoms with Crippen LogP contribution in [-0.2, 0) is 19.6 Å². The molecule has 128 valence electrons. The SMILES string of the molecule is COC(=O)CN(c1ccc(Cl)c(Cl)c1)S(=O)(=O)c1ccc(C)cc1. The lowest BCUT2D eigenvalue weighted by molar-refractivity contribution is -0.138. The molecule has 0 unspecified atom stereocenters. The average molecular weight is 388 g/mol. The van der Waals surface area contributed by atoms with E-state index in [4.69, 9.17) is 23.2 Å². The molecule has 0 radical (unpaired) electrons. The summed E-state index contributed by atoms with van der Waals surface area (Å²) in [6.07, 6.45) is 0. The second-order valence-electron chi connectivity index (χ2n) is 5.00. The third kappa shape index (κ3) is 4.01. The van der Waals surface area contributed by atoms with Gasteiger partial charge in [0.15, 0.2) is 0 Å². The van der Waals surface area contributed by atoms with E-state index in [0.717, 1.165) is 9.87 Å². The van der Waals surface area contributed by atoms with E-state index < -0.39 is 22.5 Å². The fraction of sp³-hybridized carbons (Fsp3) is 0.188. The van der Waals surface area contributed by atoms with Crippen molar-refractivity contribution in [3.8, 4) is 0 Å². The highest BCUT2D eigenvalue weighted by Gasteiger charge is 2.27. The molecular weight excluding hydrogens is 373 g/mol. The number of ether oxygens (including phenoxy) is 1. The predicted octanol–water partition coefficient (Wildman–Crippen LogP) is 3.67. The van der Waals surface area contributed by atoms with E-state index in [9.17, 15) is 13.2 Å². The first-order valence-corrected chi connectivity index (χ1v) is 9.06. The van der Waals surface area contributed by atoms with E-state index in [1.807, 2.05) is 6.92 Å². The molecule has 0 fully saturated rings. The molecule has 0 aliphatic rings. The molecule has 0 saturated heterocycles. The Kier molecular flexibility index (Phi) is 5.74. The molecule has 0 saturated carbocycles. The number of carbonyl (C=O) groups is 1. The summed E-state index contributed by atoms with van der Waals surface area (Å²) >= 11 is 11.9. The van der Waals surface area contributed by atoms with Crippen LogP contribution in [0.25, 0.3) is 0 Å². The highest BCUT2D eigenvalue weighted by atomic mass is 35.5. The maximum atomic E-state index is 12.9. The minimum Gasteiger partial charge on any atom is -0.468 e. The molecule has 0 N–H and O–H groups in total. The Labute approximate surface area is 150 Å². The molecule has 0 aliphatic heterocycles. The van der Waals surface area contributed by atoms with E-state index in [1.54, 1.807) is 12.1 Å². The molecule has 0 bridgehead atoms. The van der Waals surface area contributed by atoms with Crippen LogP contribution in [0, 0.1) is 6.92 Å². The quantitative estimate of drug-likeness (QED) is 0.734. The Bertz CT molecular complexity index is 851. The van der Waals surface area contributed by atoms with Crippen molar-refractivity contribution in [1.29, 1.82) is 0 Å². The Morgan fingerprint density at radius 2 is 1.71 bits per heavy atom. The lowest BCUT2D eigenvalue weighted by atomic mass is 10.2. The van der Waals surface area contributed by atoms with Gasteiger partial charge >= 0.3 is 5.97 Å².